The lowest BCUT2D eigenvalue weighted by Crippen LogP contribution is -2.23. The second kappa shape index (κ2) is 5.96. The van der Waals surface area contributed by atoms with Gasteiger partial charge in [0.25, 0.3) is 5.69 Å². The number of nitrogens with one attached hydrogen (secondary N) is 1. The van der Waals surface area contributed by atoms with E-state index in [2.05, 4.69) is 10.3 Å². The summed E-state index contributed by atoms with van der Waals surface area (Å²) in [5, 5.41) is 10.9. The molecule has 3 N–H and O–H groups in total. The molecule has 0 spiro atoms. The van der Waals surface area contributed by atoms with Gasteiger partial charge in [-0.3, -0.25) is 20.9 Å². The Morgan fingerprint density at radius 2 is 2.42 bits per heavy atom. The highest BCUT2D eigenvalue weighted by Crippen LogP contribution is 2.29. The topological polar surface area (TPSA) is 93.7 Å². The van der Waals surface area contributed by atoms with Gasteiger partial charge < -0.3 is 10.2 Å². The molecule has 7 heteroatoms. The Hall–Kier alpha value is -1.70. The number of ether oxygens (including phenoxy) is 1. The maximum atomic E-state index is 10.9. The molecule has 1 aliphatic rings. The minimum atomic E-state index is -0.430. The summed E-state index contributed by atoms with van der Waals surface area (Å²) in [6.45, 7) is 2.38. The van der Waals surface area contributed by atoms with Crippen LogP contribution in [-0.4, -0.2) is 36.1 Å². The molecule has 1 aromatic rings. The fraction of sp³-hybridized carbons (Fsp3) is 0.500. The number of nitrogens with two attached hydrogens (primary N) is 1. The number of nitrogens with zero attached hydrogens (tertiary/aromatic N) is 2. The molecule has 0 saturated carbocycles. The predicted molar refractivity (Wildman–Crippen MR) is 71.6 cm³/mol. The quantitative estimate of drug-likeness (QED) is 0.471. The third-order valence-electron chi connectivity index (χ3n) is 3.43. The van der Waals surface area contributed by atoms with Crippen molar-refractivity contribution in [1.29, 1.82) is 0 Å². The first-order chi connectivity index (χ1) is 9.15. The van der Waals surface area contributed by atoms with Crippen LogP contribution >= 0.6 is 0 Å². The van der Waals surface area contributed by atoms with Crippen molar-refractivity contribution in [2.45, 2.75) is 19.1 Å². The number of nitro benzene ring substituents is 1. The Bertz CT molecular complexity index is 466. The number of rotatable bonds is 5. The number of benzene rings is 1. The van der Waals surface area contributed by atoms with Gasteiger partial charge >= 0.3 is 0 Å². The molecule has 1 atom stereocenters. The lowest BCUT2D eigenvalue weighted by atomic mass is 10.1. The van der Waals surface area contributed by atoms with Crippen molar-refractivity contribution in [2.24, 2.45) is 5.84 Å². The molecule has 0 amide bonds. The van der Waals surface area contributed by atoms with Crippen LogP contribution in [0.4, 0.5) is 11.4 Å². The molecule has 19 heavy (non-hydrogen) atoms. The molecule has 1 aliphatic heterocycles. The SMILES string of the molecule is COC1CCN(Cc2cccc([N+](=O)[O-])c2NN)C1. The van der Waals surface area contributed by atoms with Gasteiger partial charge in [0, 0.05) is 32.8 Å². The van der Waals surface area contributed by atoms with Crippen LogP contribution < -0.4 is 11.3 Å². The normalized spacial score (nSPS) is 19.6. The van der Waals surface area contributed by atoms with E-state index in [4.69, 9.17) is 10.6 Å². The summed E-state index contributed by atoms with van der Waals surface area (Å²) in [7, 11) is 1.70. The molecule has 1 aromatic carbocycles. The second-order valence-electron chi connectivity index (χ2n) is 4.59. The zero-order valence-corrected chi connectivity index (χ0v) is 10.8. The largest absolute Gasteiger partial charge is 0.380 e. The summed E-state index contributed by atoms with van der Waals surface area (Å²) in [6, 6.07) is 4.97. The number of hydrogen-bond acceptors (Lipinski definition) is 6. The fourth-order valence-corrected chi connectivity index (χ4v) is 2.41. The maximum absolute atomic E-state index is 10.9. The van der Waals surface area contributed by atoms with Crippen LogP contribution in [0.3, 0.4) is 0 Å². The second-order valence-corrected chi connectivity index (χ2v) is 4.59. The molecule has 0 aliphatic carbocycles. The van der Waals surface area contributed by atoms with E-state index in [0.29, 0.717) is 12.2 Å². The monoisotopic (exact) mass is 266 g/mol. The first-order valence-corrected chi connectivity index (χ1v) is 6.13. The molecule has 1 heterocycles. The van der Waals surface area contributed by atoms with Crippen molar-refractivity contribution in [3.8, 4) is 0 Å². The molecule has 1 saturated heterocycles. The molecule has 2 rings (SSSR count). The molecular weight excluding hydrogens is 248 g/mol. The minimum Gasteiger partial charge on any atom is -0.380 e. The summed E-state index contributed by atoms with van der Waals surface area (Å²) < 4.78 is 5.31. The minimum absolute atomic E-state index is 0.00230. The number of methoxy groups -OCH3 is 1. The van der Waals surface area contributed by atoms with Gasteiger partial charge in [-0.25, -0.2) is 0 Å². The molecule has 0 radical (unpaired) electrons. The van der Waals surface area contributed by atoms with Crippen molar-refractivity contribution in [2.75, 3.05) is 25.6 Å². The summed E-state index contributed by atoms with van der Waals surface area (Å²) in [5.74, 6) is 5.42. The summed E-state index contributed by atoms with van der Waals surface area (Å²) >= 11 is 0. The average Bonchev–Trinajstić information content (AvgIpc) is 2.86. The van der Waals surface area contributed by atoms with Crippen molar-refractivity contribution < 1.29 is 9.66 Å². The predicted octanol–water partition coefficient (Wildman–Crippen LogP) is 1.10. The molecule has 0 aromatic heterocycles. The standard InChI is InChI=1S/C12H18N4O3/c1-19-10-5-6-15(8-10)7-9-3-2-4-11(16(17)18)12(9)14-13/h2-4,10,14H,5-8,13H2,1H3. The van der Waals surface area contributed by atoms with Crippen LogP contribution in [0.15, 0.2) is 18.2 Å². The van der Waals surface area contributed by atoms with Crippen molar-refractivity contribution in [3.05, 3.63) is 33.9 Å². The fourth-order valence-electron chi connectivity index (χ4n) is 2.41. The van der Waals surface area contributed by atoms with Crippen molar-refractivity contribution >= 4 is 11.4 Å². The Balaban J connectivity index is 2.16. The van der Waals surface area contributed by atoms with Gasteiger partial charge in [-0.2, -0.15) is 0 Å². The van der Waals surface area contributed by atoms with Crippen LogP contribution in [0.2, 0.25) is 0 Å². The number of nitrogen functional groups attached to an aromatic ring is 1. The van der Waals surface area contributed by atoms with Crippen LogP contribution in [0.25, 0.3) is 0 Å². The van der Waals surface area contributed by atoms with Gasteiger partial charge in [-0.05, 0) is 12.0 Å². The Kier molecular flexibility index (Phi) is 4.31. The third-order valence-corrected chi connectivity index (χ3v) is 3.43. The lowest BCUT2D eigenvalue weighted by molar-refractivity contribution is -0.384. The Labute approximate surface area is 111 Å². The van der Waals surface area contributed by atoms with Crippen molar-refractivity contribution in [1.82, 2.24) is 4.90 Å². The van der Waals surface area contributed by atoms with Crippen molar-refractivity contribution in [3.63, 3.8) is 0 Å². The molecule has 1 fully saturated rings. The molecular formula is C12H18N4O3. The number of anilines is 1. The van der Waals surface area contributed by atoms with Gasteiger partial charge in [-0.15, -0.1) is 0 Å². The number of hydrazine groups is 1. The van der Waals surface area contributed by atoms with E-state index < -0.39 is 4.92 Å². The Morgan fingerprint density at radius 1 is 1.63 bits per heavy atom. The third kappa shape index (κ3) is 3.01. The van der Waals surface area contributed by atoms with E-state index in [1.807, 2.05) is 6.07 Å². The van der Waals surface area contributed by atoms with Gasteiger partial charge in [0.2, 0.25) is 0 Å². The van der Waals surface area contributed by atoms with Gasteiger partial charge in [0.05, 0.1) is 11.0 Å². The van der Waals surface area contributed by atoms with Gasteiger partial charge in [-0.1, -0.05) is 12.1 Å². The number of likely N-dealkylation sites (tertiary alicyclic amines) is 1. The highest BCUT2D eigenvalue weighted by atomic mass is 16.6. The first-order valence-electron chi connectivity index (χ1n) is 6.13. The van der Waals surface area contributed by atoms with Gasteiger partial charge in [0.1, 0.15) is 5.69 Å². The first kappa shape index (κ1) is 13.7. The highest BCUT2D eigenvalue weighted by molar-refractivity contribution is 5.65. The maximum Gasteiger partial charge on any atom is 0.293 e. The molecule has 1 unspecified atom stereocenters. The van der Waals surface area contributed by atoms with E-state index >= 15 is 0 Å². The molecule has 104 valence electrons. The summed E-state index contributed by atoms with van der Waals surface area (Å²) in [5.41, 5.74) is 3.66. The average molecular weight is 266 g/mol. The van der Waals surface area contributed by atoms with E-state index in [9.17, 15) is 10.1 Å². The Morgan fingerprint density at radius 3 is 3.00 bits per heavy atom. The van der Waals surface area contributed by atoms with E-state index in [0.717, 1.165) is 25.1 Å². The van der Waals surface area contributed by atoms with E-state index in [1.165, 1.54) is 6.07 Å². The summed E-state index contributed by atoms with van der Waals surface area (Å²) in [6.07, 6.45) is 1.23. The molecule has 7 nitrogen and oxygen atoms in total. The number of para-hydroxylation sites is 1. The van der Waals surface area contributed by atoms with Crippen LogP contribution in [-0.2, 0) is 11.3 Å². The van der Waals surface area contributed by atoms with E-state index in [-0.39, 0.29) is 11.8 Å². The lowest BCUT2D eigenvalue weighted by Gasteiger charge is -2.17. The summed E-state index contributed by atoms with van der Waals surface area (Å²) in [4.78, 5) is 12.7. The number of hydrogen-bond donors (Lipinski definition) is 2. The van der Waals surface area contributed by atoms with E-state index in [1.54, 1.807) is 13.2 Å². The zero-order valence-electron chi connectivity index (χ0n) is 10.8. The van der Waals surface area contributed by atoms with Crippen LogP contribution in [0.5, 0.6) is 0 Å². The number of nitro groups is 1. The smallest absolute Gasteiger partial charge is 0.293 e. The van der Waals surface area contributed by atoms with Crippen LogP contribution in [0.1, 0.15) is 12.0 Å². The van der Waals surface area contributed by atoms with Crippen LogP contribution in [0, 0.1) is 10.1 Å². The van der Waals surface area contributed by atoms with Gasteiger partial charge in [0.15, 0.2) is 0 Å². The highest BCUT2D eigenvalue weighted by Gasteiger charge is 2.24. The molecule has 0 bridgehead atoms. The zero-order chi connectivity index (χ0) is 13.8.